The molecule has 0 aliphatic heterocycles. The van der Waals surface area contributed by atoms with Crippen molar-refractivity contribution in [3.05, 3.63) is 56.8 Å². The fourth-order valence-corrected chi connectivity index (χ4v) is 3.26. The molecule has 2 aromatic rings. The van der Waals surface area contributed by atoms with E-state index in [0.717, 1.165) is 16.0 Å². The average Bonchev–Trinajstić information content (AvgIpc) is 2.76. The summed E-state index contributed by atoms with van der Waals surface area (Å²) >= 11 is 1.71. The number of rotatable bonds is 2. The molecule has 0 amide bonds. The molecule has 0 bridgehead atoms. The van der Waals surface area contributed by atoms with Crippen LogP contribution in [0.4, 0.5) is 0 Å². The van der Waals surface area contributed by atoms with Gasteiger partial charge in [-0.25, -0.2) is 0 Å². The molecule has 1 aromatic carbocycles. The van der Waals surface area contributed by atoms with Gasteiger partial charge in [0, 0.05) is 9.75 Å². The monoisotopic (exact) mass is 274 g/mol. The summed E-state index contributed by atoms with van der Waals surface area (Å²) in [6.45, 7) is 10.7. The lowest BCUT2D eigenvalue weighted by Gasteiger charge is -2.16. The quantitative estimate of drug-likeness (QED) is 0.838. The SMILES string of the molecule is Cc1ccc(C(O)c2ccc(C(C)(C)C)s2)c(C)c1. The molecular weight excluding hydrogens is 252 g/mol. The van der Waals surface area contributed by atoms with Gasteiger partial charge in [0.2, 0.25) is 0 Å². The molecule has 1 aromatic heterocycles. The topological polar surface area (TPSA) is 20.2 Å². The molecular formula is C17H22OS. The van der Waals surface area contributed by atoms with Crippen molar-refractivity contribution in [1.82, 2.24) is 0 Å². The standard InChI is InChI=1S/C17H22OS/c1-11-6-7-13(12(2)10-11)16(18)14-8-9-15(19-14)17(3,4)5/h6-10,16,18H,1-5H3. The van der Waals surface area contributed by atoms with Gasteiger partial charge in [-0.3, -0.25) is 0 Å². The third-order valence-corrected chi connectivity index (χ3v) is 4.92. The zero-order valence-electron chi connectivity index (χ0n) is 12.3. The summed E-state index contributed by atoms with van der Waals surface area (Å²) < 4.78 is 0. The summed E-state index contributed by atoms with van der Waals surface area (Å²) in [4.78, 5) is 2.34. The van der Waals surface area contributed by atoms with E-state index in [2.05, 4.69) is 58.9 Å². The molecule has 0 saturated carbocycles. The van der Waals surface area contributed by atoms with E-state index in [0.29, 0.717) is 0 Å². The van der Waals surface area contributed by atoms with E-state index >= 15 is 0 Å². The van der Waals surface area contributed by atoms with Crippen LogP contribution in [-0.2, 0) is 5.41 Å². The Hall–Kier alpha value is -1.12. The lowest BCUT2D eigenvalue weighted by molar-refractivity contribution is 0.223. The average molecular weight is 274 g/mol. The van der Waals surface area contributed by atoms with Crippen LogP contribution in [0.3, 0.4) is 0 Å². The van der Waals surface area contributed by atoms with E-state index in [1.165, 1.54) is 10.4 Å². The van der Waals surface area contributed by atoms with Gasteiger partial charge in [-0.2, -0.15) is 0 Å². The van der Waals surface area contributed by atoms with Gasteiger partial charge in [0.25, 0.3) is 0 Å². The fraction of sp³-hybridized carbons (Fsp3) is 0.412. The Morgan fingerprint density at radius 2 is 1.74 bits per heavy atom. The molecule has 2 rings (SSSR count). The van der Waals surface area contributed by atoms with E-state index in [-0.39, 0.29) is 5.41 Å². The molecule has 1 atom stereocenters. The number of benzene rings is 1. The van der Waals surface area contributed by atoms with Crippen LogP contribution in [0.15, 0.2) is 30.3 Å². The second-order valence-electron chi connectivity index (χ2n) is 6.21. The smallest absolute Gasteiger partial charge is 0.113 e. The van der Waals surface area contributed by atoms with E-state index in [4.69, 9.17) is 0 Å². The summed E-state index contributed by atoms with van der Waals surface area (Å²) in [5.41, 5.74) is 3.53. The summed E-state index contributed by atoms with van der Waals surface area (Å²) in [5.74, 6) is 0. The number of hydrogen-bond acceptors (Lipinski definition) is 2. The second-order valence-corrected chi connectivity index (χ2v) is 7.33. The van der Waals surface area contributed by atoms with Gasteiger partial charge in [0.1, 0.15) is 6.10 Å². The summed E-state index contributed by atoms with van der Waals surface area (Å²) in [6.07, 6.45) is -0.512. The molecule has 1 heterocycles. The highest BCUT2D eigenvalue weighted by atomic mass is 32.1. The van der Waals surface area contributed by atoms with Crippen molar-refractivity contribution < 1.29 is 5.11 Å². The first-order valence-electron chi connectivity index (χ1n) is 6.64. The van der Waals surface area contributed by atoms with Gasteiger partial charge < -0.3 is 5.11 Å². The van der Waals surface area contributed by atoms with Crippen molar-refractivity contribution in [2.75, 3.05) is 0 Å². The molecule has 0 saturated heterocycles. The molecule has 1 nitrogen and oxygen atoms in total. The van der Waals surface area contributed by atoms with Gasteiger partial charge in [-0.15, -0.1) is 11.3 Å². The molecule has 0 fully saturated rings. The Morgan fingerprint density at radius 1 is 1.05 bits per heavy atom. The number of aliphatic hydroxyl groups excluding tert-OH is 1. The third kappa shape index (κ3) is 3.07. The summed E-state index contributed by atoms with van der Waals surface area (Å²) in [5, 5.41) is 10.6. The largest absolute Gasteiger partial charge is 0.383 e. The number of hydrogen-bond donors (Lipinski definition) is 1. The molecule has 19 heavy (non-hydrogen) atoms. The van der Waals surface area contributed by atoms with Gasteiger partial charge in [-0.05, 0) is 42.5 Å². The Bertz CT molecular complexity index is 575. The Balaban J connectivity index is 2.34. The Kier molecular flexibility index (Phi) is 3.84. The Labute approximate surface area is 119 Å². The normalized spacial score (nSPS) is 13.6. The zero-order chi connectivity index (χ0) is 14.2. The van der Waals surface area contributed by atoms with Gasteiger partial charge in [0.05, 0.1) is 0 Å². The minimum atomic E-state index is -0.512. The van der Waals surface area contributed by atoms with Crippen molar-refractivity contribution >= 4 is 11.3 Å². The predicted octanol–water partition coefficient (Wildman–Crippen LogP) is 4.74. The molecule has 102 valence electrons. The minimum absolute atomic E-state index is 0.144. The van der Waals surface area contributed by atoms with Crippen LogP contribution in [0, 0.1) is 13.8 Å². The van der Waals surface area contributed by atoms with Crippen LogP contribution in [0.25, 0.3) is 0 Å². The first-order chi connectivity index (χ1) is 8.79. The number of aliphatic hydroxyl groups is 1. The predicted molar refractivity (Wildman–Crippen MR) is 83.0 cm³/mol. The maximum Gasteiger partial charge on any atom is 0.113 e. The maximum absolute atomic E-state index is 10.6. The van der Waals surface area contributed by atoms with Crippen molar-refractivity contribution in [2.24, 2.45) is 0 Å². The van der Waals surface area contributed by atoms with Crippen LogP contribution < -0.4 is 0 Å². The highest BCUT2D eigenvalue weighted by molar-refractivity contribution is 7.12. The van der Waals surface area contributed by atoms with Crippen molar-refractivity contribution in [3.63, 3.8) is 0 Å². The van der Waals surface area contributed by atoms with Gasteiger partial charge >= 0.3 is 0 Å². The van der Waals surface area contributed by atoms with Crippen LogP contribution in [0.2, 0.25) is 0 Å². The van der Waals surface area contributed by atoms with Crippen molar-refractivity contribution in [2.45, 2.75) is 46.1 Å². The molecule has 1 unspecified atom stereocenters. The van der Waals surface area contributed by atoms with Crippen molar-refractivity contribution in [1.29, 1.82) is 0 Å². The summed E-state index contributed by atoms with van der Waals surface area (Å²) in [6, 6.07) is 10.4. The van der Waals surface area contributed by atoms with E-state index in [9.17, 15) is 5.11 Å². The van der Waals surface area contributed by atoms with Crippen LogP contribution in [0.5, 0.6) is 0 Å². The molecule has 0 radical (unpaired) electrons. The van der Waals surface area contributed by atoms with Crippen molar-refractivity contribution in [3.8, 4) is 0 Å². The molecule has 0 spiro atoms. The first kappa shape index (κ1) is 14.3. The van der Waals surface area contributed by atoms with E-state index in [1.54, 1.807) is 11.3 Å². The molecule has 0 aliphatic rings. The van der Waals surface area contributed by atoms with Crippen LogP contribution in [-0.4, -0.2) is 5.11 Å². The highest BCUT2D eigenvalue weighted by Gasteiger charge is 2.20. The fourth-order valence-electron chi connectivity index (χ4n) is 2.19. The summed E-state index contributed by atoms with van der Waals surface area (Å²) in [7, 11) is 0. The van der Waals surface area contributed by atoms with Gasteiger partial charge in [-0.1, -0.05) is 44.5 Å². The zero-order valence-corrected chi connectivity index (χ0v) is 13.1. The number of thiophene rings is 1. The molecule has 1 N–H and O–H groups in total. The van der Waals surface area contributed by atoms with E-state index < -0.39 is 6.10 Å². The minimum Gasteiger partial charge on any atom is -0.383 e. The van der Waals surface area contributed by atoms with E-state index in [1.807, 2.05) is 6.07 Å². The van der Waals surface area contributed by atoms with Gasteiger partial charge in [0.15, 0.2) is 0 Å². The second kappa shape index (κ2) is 5.10. The molecule has 0 aliphatic carbocycles. The number of aryl methyl sites for hydroxylation is 2. The lowest BCUT2D eigenvalue weighted by Crippen LogP contribution is -2.07. The molecule has 2 heteroatoms. The third-order valence-electron chi connectivity index (χ3n) is 3.36. The lowest BCUT2D eigenvalue weighted by atomic mass is 9.95. The first-order valence-corrected chi connectivity index (χ1v) is 7.46. The van der Waals surface area contributed by atoms with Crippen LogP contribution >= 0.6 is 11.3 Å². The Morgan fingerprint density at radius 3 is 2.26 bits per heavy atom. The van der Waals surface area contributed by atoms with Crippen LogP contribution in [0.1, 0.15) is 53.3 Å². The maximum atomic E-state index is 10.6. The highest BCUT2D eigenvalue weighted by Crippen LogP contribution is 2.35.